The number of carbonyl (C=O) groups is 3. The van der Waals surface area contributed by atoms with Gasteiger partial charge >= 0.3 is 11.9 Å². The number of allylic oxidation sites excluding steroid dienone is 4. The van der Waals surface area contributed by atoms with Crippen LogP contribution < -0.4 is 0 Å². The number of ketones is 1. The van der Waals surface area contributed by atoms with Crippen molar-refractivity contribution in [2.45, 2.75) is 69.7 Å². The molecule has 0 spiro atoms. The molecule has 0 bridgehead atoms. The van der Waals surface area contributed by atoms with Crippen molar-refractivity contribution in [3.05, 3.63) is 95.1 Å². The number of halogens is 1. The lowest BCUT2D eigenvalue weighted by Gasteiger charge is -2.62. The third kappa shape index (κ3) is 3.88. The number of carbonyl (C=O) groups excluding carboxylic acids is 2. The molecular weight excluding hydrogens is 523 g/mol. The second kappa shape index (κ2) is 9.48. The van der Waals surface area contributed by atoms with Crippen molar-refractivity contribution in [1.29, 1.82) is 0 Å². The summed E-state index contributed by atoms with van der Waals surface area (Å²) in [5.74, 6) is -3.31. The molecule has 214 valence electrons. The number of carboxylic acids is 1. The Kier molecular flexibility index (Phi) is 6.38. The minimum absolute atomic E-state index is 0.0361. The summed E-state index contributed by atoms with van der Waals surface area (Å²) < 4.78 is 23.3. The van der Waals surface area contributed by atoms with Gasteiger partial charge in [-0.25, -0.2) is 14.0 Å². The van der Waals surface area contributed by atoms with Crippen molar-refractivity contribution in [3.8, 4) is 0 Å². The van der Waals surface area contributed by atoms with Crippen LogP contribution in [0.1, 0.15) is 67.4 Å². The highest BCUT2D eigenvalue weighted by atomic mass is 19.1. The molecule has 6 nitrogen and oxygen atoms in total. The Labute approximate surface area is 238 Å². The second-order valence-electron chi connectivity index (χ2n) is 12.7. The van der Waals surface area contributed by atoms with Gasteiger partial charge in [-0.15, -0.1) is 0 Å². The van der Waals surface area contributed by atoms with Crippen molar-refractivity contribution in [2.75, 3.05) is 0 Å². The van der Waals surface area contributed by atoms with Crippen LogP contribution in [0.3, 0.4) is 0 Å². The van der Waals surface area contributed by atoms with E-state index in [-0.39, 0.29) is 24.2 Å². The third-order valence-electron chi connectivity index (χ3n) is 10.8. The van der Waals surface area contributed by atoms with Gasteiger partial charge in [0.25, 0.3) is 0 Å². The van der Waals surface area contributed by atoms with Gasteiger partial charge in [-0.1, -0.05) is 61.0 Å². The highest BCUT2D eigenvalue weighted by molar-refractivity contribution is 6.01. The third-order valence-corrected chi connectivity index (χ3v) is 10.8. The predicted molar refractivity (Wildman–Crippen MR) is 150 cm³/mol. The zero-order valence-corrected chi connectivity index (χ0v) is 23.3. The monoisotopic (exact) mass is 558 g/mol. The number of esters is 1. The number of benzene rings is 2. The van der Waals surface area contributed by atoms with Crippen LogP contribution in [0.5, 0.6) is 0 Å². The number of fused-ring (bicyclic) bond motifs is 5. The average molecular weight is 559 g/mol. The quantitative estimate of drug-likeness (QED) is 0.462. The standard InChI is InChI=1S/C34H35FO6/c1-31-16-14-25(36)19-24(31)12-13-27-26-15-17-33(30(39)40,32(26,2)20-28(37)34(27,31)35)41-29(38)23-10-8-22(9-11-23)18-21-6-4-3-5-7-21/h3-11,14,16,19,26-28,37H,12-13,15,17-18,20H2,1-2H3,(H,39,40)/t26-,27-,28-,31-,32-,33+,34?/m0/s1. The molecule has 7 atom stereocenters. The number of rotatable bonds is 5. The van der Waals surface area contributed by atoms with Crippen LogP contribution in [-0.4, -0.2) is 45.3 Å². The van der Waals surface area contributed by atoms with Gasteiger partial charge in [0.15, 0.2) is 11.5 Å². The molecule has 4 aliphatic carbocycles. The van der Waals surface area contributed by atoms with Gasteiger partial charge in [0, 0.05) is 16.7 Å². The summed E-state index contributed by atoms with van der Waals surface area (Å²) in [4.78, 5) is 38.5. The fourth-order valence-electron chi connectivity index (χ4n) is 8.57. The molecule has 2 N–H and O–H groups in total. The first-order valence-electron chi connectivity index (χ1n) is 14.4. The van der Waals surface area contributed by atoms with Gasteiger partial charge < -0.3 is 14.9 Å². The lowest BCUT2D eigenvalue weighted by molar-refractivity contribution is -0.222. The van der Waals surface area contributed by atoms with Gasteiger partial charge in [0.1, 0.15) is 0 Å². The molecule has 0 aliphatic heterocycles. The van der Waals surface area contributed by atoms with E-state index in [0.29, 0.717) is 31.3 Å². The van der Waals surface area contributed by atoms with Gasteiger partial charge in [0.2, 0.25) is 5.60 Å². The number of aliphatic hydroxyl groups is 1. The Morgan fingerprint density at radius 3 is 2.37 bits per heavy atom. The first-order chi connectivity index (χ1) is 19.4. The fourth-order valence-corrected chi connectivity index (χ4v) is 8.57. The maximum Gasteiger partial charge on any atom is 0.348 e. The number of hydrogen-bond donors (Lipinski definition) is 2. The summed E-state index contributed by atoms with van der Waals surface area (Å²) in [6.07, 6.45) is 4.67. The zero-order chi connectivity index (χ0) is 29.2. The molecule has 0 radical (unpaired) electrons. The van der Waals surface area contributed by atoms with Crippen LogP contribution in [0, 0.1) is 22.7 Å². The lowest BCUT2D eigenvalue weighted by Crippen LogP contribution is -2.69. The minimum Gasteiger partial charge on any atom is -0.478 e. The summed E-state index contributed by atoms with van der Waals surface area (Å²) in [6, 6.07) is 16.9. The largest absolute Gasteiger partial charge is 0.478 e. The molecule has 0 amide bonds. The Balaban J connectivity index is 1.29. The van der Waals surface area contributed by atoms with E-state index in [4.69, 9.17) is 4.74 Å². The number of ether oxygens (including phenoxy) is 1. The minimum atomic E-state index is -2.08. The summed E-state index contributed by atoms with van der Waals surface area (Å²) >= 11 is 0. The van der Waals surface area contributed by atoms with E-state index < -0.39 is 52.0 Å². The van der Waals surface area contributed by atoms with Crippen molar-refractivity contribution in [3.63, 3.8) is 0 Å². The molecule has 4 aliphatic rings. The Bertz CT molecular complexity index is 1460. The highest BCUT2D eigenvalue weighted by Crippen LogP contribution is 2.70. The summed E-state index contributed by atoms with van der Waals surface area (Å²) in [6.45, 7) is 3.45. The maximum atomic E-state index is 17.3. The number of hydrogen-bond acceptors (Lipinski definition) is 5. The Hall–Kier alpha value is -3.58. The number of aliphatic hydroxyl groups excluding tert-OH is 1. The summed E-state index contributed by atoms with van der Waals surface area (Å²) in [5, 5.41) is 22.1. The van der Waals surface area contributed by atoms with Gasteiger partial charge in [-0.3, -0.25) is 4.79 Å². The van der Waals surface area contributed by atoms with E-state index in [1.165, 1.54) is 12.2 Å². The van der Waals surface area contributed by atoms with Crippen LogP contribution in [0.2, 0.25) is 0 Å². The van der Waals surface area contributed by atoms with E-state index in [1.54, 1.807) is 32.1 Å². The van der Waals surface area contributed by atoms with Crippen molar-refractivity contribution < 1.29 is 33.7 Å². The van der Waals surface area contributed by atoms with Crippen LogP contribution in [0.4, 0.5) is 4.39 Å². The molecule has 1 unspecified atom stereocenters. The van der Waals surface area contributed by atoms with E-state index in [0.717, 1.165) is 11.1 Å². The van der Waals surface area contributed by atoms with Gasteiger partial charge in [0.05, 0.1) is 11.7 Å². The van der Waals surface area contributed by atoms with E-state index in [1.807, 2.05) is 42.5 Å². The first-order valence-corrected chi connectivity index (χ1v) is 14.4. The summed E-state index contributed by atoms with van der Waals surface area (Å²) in [5.41, 5.74) is -3.31. The van der Waals surface area contributed by atoms with E-state index in [9.17, 15) is 24.6 Å². The van der Waals surface area contributed by atoms with Gasteiger partial charge in [-0.2, -0.15) is 0 Å². The van der Waals surface area contributed by atoms with Crippen LogP contribution in [0.15, 0.2) is 78.4 Å². The molecular formula is C34H35FO6. The van der Waals surface area contributed by atoms with Gasteiger partial charge in [-0.05, 0) is 86.8 Å². The van der Waals surface area contributed by atoms with Crippen molar-refractivity contribution in [2.24, 2.45) is 22.7 Å². The zero-order valence-electron chi connectivity index (χ0n) is 23.3. The number of alkyl halides is 1. The molecule has 0 aromatic heterocycles. The summed E-state index contributed by atoms with van der Waals surface area (Å²) in [7, 11) is 0. The fraction of sp³-hybridized carbons (Fsp3) is 0.441. The second-order valence-corrected chi connectivity index (χ2v) is 12.7. The molecule has 6 rings (SSSR count). The maximum absolute atomic E-state index is 17.3. The Morgan fingerprint density at radius 2 is 1.68 bits per heavy atom. The topological polar surface area (TPSA) is 101 Å². The van der Waals surface area contributed by atoms with Crippen LogP contribution in [-0.2, 0) is 20.7 Å². The van der Waals surface area contributed by atoms with Crippen molar-refractivity contribution >= 4 is 17.7 Å². The lowest BCUT2D eigenvalue weighted by atomic mass is 9.45. The SMILES string of the molecule is C[C@]12C=CC(=O)C=C1CC[C@H]1[C@@H]3CC[C@@](OC(=O)c4ccc(Cc5ccccc5)cc4)(C(=O)O)[C@@]3(C)C[C@H](O)C12F. The molecule has 2 aromatic carbocycles. The first kappa shape index (κ1) is 27.6. The van der Waals surface area contributed by atoms with Crippen molar-refractivity contribution in [1.82, 2.24) is 0 Å². The molecule has 3 saturated carbocycles. The average Bonchev–Trinajstić information content (AvgIpc) is 3.23. The van der Waals surface area contributed by atoms with Crippen LogP contribution in [0.25, 0.3) is 0 Å². The highest BCUT2D eigenvalue weighted by Gasteiger charge is 2.76. The molecule has 7 heteroatoms. The molecule has 0 heterocycles. The predicted octanol–water partition coefficient (Wildman–Crippen LogP) is 5.63. The number of aliphatic carboxylic acids is 1. The number of carboxylic acid groups (broad SMARTS) is 1. The van der Waals surface area contributed by atoms with E-state index >= 15 is 4.39 Å². The Morgan fingerprint density at radius 1 is 1.00 bits per heavy atom. The molecule has 0 saturated heterocycles. The smallest absolute Gasteiger partial charge is 0.348 e. The molecule has 3 fully saturated rings. The van der Waals surface area contributed by atoms with Crippen LogP contribution >= 0.6 is 0 Å². The molecule has 2 aromatic rings. The van der Waals surface area contributed by atoms with E-state index in [2.05, 4.69) is 0 Å². The molecule has 41 heavy (non-hydrogen) atoms. The normalized spacial score (nSPS) is 37.4.